The van der Waals surface area contributed by atoms with Crippen molar-refractivity contribution in [2.24, 2.45) is 0 Å². The van der Waals surface area contributed by atoms with Crippen LogP contribution in [0, 0.1) is 0 Å². The number of halogens is 2. The lowest BCUT2D eigenvalue weighted by Gasteiger charge is -2.14. The Balaban J connectivity index is 2.17. The zero-order chi connectivity index (χ0) is 14.3. The monoisotopic (exact) mass is 368 g/mol. The highest BCUT2D eigenvalue weighted by molar-refractivity contribution is 9.10. The fourth-order valence-corrected chi connectivity index (χ4v) is 4.01. The summed E-state index contributed by atoms with van der Waals surface area (Å²) in [4.78, 5) is 19.0. The first-order valence-electron chi connectivity index (χ1n) is 5.94. The van der Waals surface area contributed by atoms with Gasteiger partial charge in [-0.15, -0.1) is 11.8 Å². The number of thioether (sulfide) groups is 1. The Morgan fingerprint density at radius 2 is 2.20 bits per heavy atom. The molecule has 0 bridgehead atoms. The summed E-state index contributed by atoms with van der Waals surface area (Å²) in [5.41, 5.74) is 1.60. The Hall–Kier alpha value is -1.04. The van der Waals surface area contributed by atoms with E-state index in [1.807, 2.05) is 30.3 Å². The zero-order valence-electron chi connectivity index (χ0n) is 10.6. The van der Waals surface area contributed by atoms with Crippen molar-refractivity contribution in [1.82, 2.24) is 4.98 Å². The maximum absolute atomic E-state index is 11.6. The number of amides is 1. The summed E-state index contributed by atoms with van der Waals surface area (Å²) in [5.74, 6) is 1.31. The highest BCUT2D eigenvalue weighted by Gasteiger charge is 2.26. The Labute approximate surface area is 134 Å². The van der Waals surface area contributed by atoms with Crippen molar-refractivity contribution in [3.8, 4) is 11.3 Å². The Morgan fingerprint density at radius 3 is 2.90 bits per heavy atom. The van der Waals surface area contributed by atoms with Gasteiger partial charge in [0.1, 0.15) is 0 Å². The van der Waals surface area contributed by atoms with Crippen molar-refractivity contribution >= 4 is 51.0 Å². The van der Waals surface area contributed by atoms with Crippen LogP contribution in [0.3, 0.4) is 0 Å². The van der Waals surface area contributed by atoms with Gasteiger partial charge >= 0.3 is 0 Å². The van der Waals surface area contributed by atoms with Gasteiger partial charge in [0.25, 0.3) is 0 Å². The lowest BCUT2D eigenvalue weighted by atomic mass is 10.1. The SMILES string of the molecule is CC(=O)N1CSc2cc(Br)c(-c3ccccc3Cl)nc21. The maximum atomic E-state index is 11.6. The van der Waals surface area contributed by atoms with Crippen LogP contribution < -0.4 is 4.90 Å². The van der Waals surface area contributed by atoms with Crippen LogP contribution in [0.15, 0.2) is 39.7 Å². The van der Waals surface area contributed by atoms with E-state index in [-0.39, 0.29) is 5.91 Å². The summed E-state index contributed by atoms with van der Waals surface area (Å²) in [6.45, 7) is 1.55. The third kappa shape index (κ3) is 2.34. The highest BCUT2D eigenvalue weighted by atomic mass is 79.9. The number of pyridine rings is 1. The summed E-state index contributed by atoms with van der Waals surface area (Å²) >= 11 is 11.4. The molecule has 3 rings (SSSR count). The first kappa shape index (κ1) is 13.9. The number of anilines is 1. The molecule has 0 aliphatic carbocycles. The molecule has 0 saturated carbocycles. The van der Waals surface area contributed by atoms with Crippen LogP contribution in [-0.2, 0) is 4.79 Å². The van der Waals surface area contributed by atoms with Crippen LogP contribution in [-0.4, -0.2) is 16.8 Å². The van der Waals surface area contributed by atoms with Crippen LogP contribution in [0.5, 0.6) is 0 Å². The number of hydrogen-bond donors (Lipinski definition) is 0. The van der Waals surface area contributed by atoms with Gasteiger partial charge in [0, 0.05) is 22.0 Å². The van der Waals surface area contributed by atoms with Crippen LogP contribution in [0.1, 0.15) is 6.92 Å². The first-order chi connectivity index (χ1) is 9.58. The van der Waals surface area contributed by atoms with Gasteiger partial charge in [-0.3, -0.25) is 9.69 Å². The van der Waals surface area contributed by atoms with Gasteiger partial charge in [-0.2, -0.15) is 0 Å². The highest BCUT2D eigenvalue weighted by Crippen LogP contribution is 2.42. The van der Waals surface area contributed by atoms with Crippen LogP contribution in [0.4, 0.5) is 5.82 Å². The predicted molar refractivity (Wildman–Crippen MR) is 86.3 cm³/mol. The molecule has 3 nitrogen and oxygen atoms in total. The summed E-state index contributed by atoms with van der Waals surface area (Å²) in [5, 5.41) is 0.640. The van der Waals surface area contributed by atoms with Gasteiger partial charge in [0.15, 0.2) is 5.82 Å². The smallest absolute Gasteiger partial charge is 0.225 e. The number of fused-ring (bicyclic) bond motifs is 1. The molecule has 1 aliphatic heterocycles. The number of carbonyl (C=O) groups excluding carboxylic acids is 1. The van der Waals surface area contributed by atoms with Gasteiger partial charge < -0.3 is 0 Å². The minimum atomic E-state index is -0.00354. The first-order valence-corrected chi connectivity index (χ1v) is 8.10. The van der Waals surface area contributed by atoms with E-state index in [1.165, 1.54) is 0 Å². The fourth-order valence-electron chi connectivity index (χ4n) is 2.04. The van der Waals surface area contributed by atoms with Crippen molar-refractivity contribution in [3.63, 3.8) is 0 Å². The van der Waals surface area contributed by atoms with E-state index in [9.17, 15) is 4.79 Å². The number of hydrogen-bond acceptors (Lipinski definition) is 3. The molecule has 2 heterocycles. The quantitative estimate of drug-likeness (QED) is 0.737. The molecule has 0 atom stereocenters. The van der Waals surface area contributed by atoms with E-state index >= 15 is 0 Å². The average Bonchev–Trinajstić information content (AvgIpc) is 2.81. The van der Waals surface area contributed by atoms with E-state index in [2.05, 4.69) is 20.9 Å². The van der Waals surface area contributed by atoms with E-state index < -0.39 is 0 Å². The summed E-state index contributed by atoms with van der Waals surface area (Å²) in [6.07, 6.45) is 0. The van der Waals surface area contributed by atoms with Crippen molar-refractivity contribution in [2.45, 2.75) is 11.8 Å². The molecule has 1 aromatic heterocycles. The number of carbonyl (C=O) groups is 1. The zero-order valence-corrected chi connectivity index (χ0v) is 13.7. The summed E-state index contributed by atoms with van der Waals surface area (Å²) < 4.78 is 0.877. The molecule has 20 heavy (non-hydrogen) atoms. The molecule has 2 aromatic rings. The molecule has 1 aliphatic rings. The molecule has 0 saturated heterocycles. The molecule has 0 spiro atoms. The van der Waals surface area contributed by atoms with Gasteiger partial charge in [0.05, 0.1) is 16.5 Å². The van der Waals surface area contributed by atoms with Crippen molar-refractivity contribution in [3.05, 3.63) is 39.8 Å². The number of nitrogens with zero attached hydrogens (tertiary/aromatic N) is 2. The van der Waals surface area contributed by atoms with Gasteiger partial charge in [0.2, 0.25) is 5.91 Å². The lowest BCUT2D eigenvalue weighted by Crippen LogP contribution is -2.25. The van der Waals surface area contributed by atoms with Crippen LogP contribution in [0.2, 0.25) is 5.02 Å². The third-order valence-electron chi connectivity index (χ3n) is 3.04. The lowest BCUT2D eigenvalue weighted by molar-refractivity contribution is -0.116. The standard InChI is InChI=1S/C14H10BrClN2OS/c1-8(19)18-7-20-12-6-10(15)13(17-14(12)18)9-4-2-3-5-11(9)16/h2-6H,7H2,1H3. The minimum absolute atomic E-state index is 0.00354. The summed E-state index contributed by atoms with van der Waals surface area (Å²) in [6, 6.07) is 9.54. The van der Waals surface area contributed by atoms with Gasteiger partial charge in [-0.05, 0) is 28.1 Å². The van der Waals surface area contributed by atoms with Crippen LogP contribution >= 0.6 is 39.3 Å². The number of rotatable bonds is 1. The molecule has 102 valence electrons. The Kier molecular flexibility index (Phi) is 3.75. The Morgan fingerprint density at radius 1 is 1.45 bits per heavy atom. The third-order valence-corrected chi connectivity index (χ3v) is 4.97. The summed E-state index contributed by atoms with van der Waals surface area (Å²) in [7, 11) is 0. The van der Waals surface area contributed by atoms with Crippen molar-refractivity contribution in [2.75, 3.05) is 10.8 Å². The fraction of sp³-hybridized carbons (Fsp3) is 0.143. The van der Waals surface area contributed by atoms with E-state index in [0.717, 1.165) is 20.6 Å². The Bertz CT molecular complexity index is 708. The molecule has 6 heteroatoms. The van der Waals surface area contributed by atoms with Crippen molar-refractivity contribution < 1.29 is 4.79 Å². The average molecular weight is 370 g/mol. The largest absolute Gasteiger partial charge is 0.286 e. The molecule has 0 radical (unpaired) electrons. The predicted octanol–water partition coefficient (Wildman–Crippen LogP) is 4.58. The molecular weight excluding hydrogens is 360 g/mol. The van der Waals surface area contributed by atoms with Crippen molar-refractivity contribution in [1.29, 1.82) is 0 Å². The minimum Gasteiger partial charge on any atom is -0.286 e. The molecule has 1 amide bonds. The molecule has 0 unspecified atom stereocenters. The molecule has 0 N–H and O–H groups in total. The second-order valence-electron chi connectivity index (χ2n) is 4.34. The second kappa shape index (κ2) is 5.39. The topological polar surface area (TPSA) is 33.2 Å². The van der Waals surface area contributed by atoms with E-state index in [4.69, 9.17) is 11.6 Å². The number of benzene rings is 1. The molecule has 1 aromatic carbocycles. The van der Waals surface area contributed by atoms with E-state index in [1.54, 1.807) is 23.6 Å². The van der Waals surface area contributed by atoms with E-state index in [0.29, 0.717) is 16.7 Å². The second-order valence-corrected chi connectivity index (χ2v) is 6.59. The molecular formula is C14H10BrClN2OS. The van der Waals surface area contributed by atoms with Crippen LogP contribution in [0.25, 0.3) is 11.3 Å². The van der Waals surface area contributed by atoms with Gasteiger partial charge in [-0.25, -0.2) is 4.98 Å². The molecule has 0 fully saturated rings. The maximum Gasteiger partial charge on any atom is 0.225 e. The number of aromatic nitrogens is 1. The normalized spacial score (nSPS) is 13.4. The van der Waals surface area contributed by atoms with Gasteiger partial charge in [-0.1, -0.05) is 29.8 Å².